The Morgan fingerprint density at radius 2 is 0.661 bits per heavy atom. The Hall–Kier alpha value is -13.7. The molecule has 1 aliphatic heterocycles. The molecule has 8 nitrogen and oxygen atoms in total. The first kappa shape index (κ1) is 72.0. The van der Waals surface area contributed by atoms with Crippen LogP contribution in [-0.2, 0) is 20.1 Å². The molecule has 1 fully saturated rings. The lowest BCUT2D eigenvalue weighted by Gasteiger charge is -2.34. The zero-order valence-electron chi connectivity index (χ0n) is 65.6. The molecule has 118 heavy (non-hydrogen) atoms. The number of hydrogen-bond acceptors (Lipinski definition) is 6. The molecule has 1 saturated heterocycles. The molecule has 6 aromatic heterocycles. The molecule has 14 aromatic carbocycles. The third kappa shape index (κ3) is 11.6. The predicted octanol–water partition coefficient (Wildman–Crippen LogP) is 25.9. The number of aromatic nitrogens is 6. The van der Waals surface area contributed by atoms with Crippen molar-refractivity contribution in [2.45, 2.75) is 49.7 Å². The monoisotopic (exact) mass is 1580 g/mol. The number of fused-ring (bicyclic) bond motifs is 16. The molecule has 0 saturated carbocycles. The maximum Gasteiger partial charge on any atom is 0.494 e. The van der Waals surface area contributed by atoms with Gasteiger partial charge in [-0.15, -0.1) is 0 Å². The van der Waals surface area contributed by atoms with Crippen molar-refractivity contribution in [1.29, 1.82) is 0 Å². The third-order valence-electron chi connectivity index (χ3n) is 24.8. The fourth-order valence-electron chi connectivity index (χ4n) is 18.8. The molecule has 10 heteroatoms. The average molecular weight is 1580 g/mol. The largest absolute Gasteiger partial charge is 0.494 e. The van der Waals surface area contributed by atoms with Crippen molar-refractivity contribution in [3.63, 3.8) is 0 Å². The molecule has 562 valence electrons. The number of para-hydroxylation sites is 2. The van der Waals surface area contributed by atoms with E-state index in [1.165, 1.54) is 77.5 Å². The van der Waals surface area contributed by atoms with Gasteiger partial charge in [0.2, 0.25) is 0 Å². The van der Waals surface area contributed by atoms with Crippen molar-refractivity contribution >= 4 is 83.2 Å². The summed E-state index contributed by atoms with van der Waals surface area (Å²) in [6, 6.07) is 139. The highest BCUT2D eigenvalue weighted by atomic mass is 79.9. The second-order valence-electron chi connectivity index (χ2n) is 31.8. The molecule has 7 heterocycles. The van der Waals surface area contributed by atoms with E-state index < -0.39 is 29.2 Å². The van der Waals surface area contributed by atoms with Crippen LogP contribution in [0.15, 0.2) is 405 Å². The molecule has 3 aliphatic rings. The van der Waals surface area contributed by atoms with E-state index in [4.69, 9.17) is 24.3 Å². The highest BCUT2D eigenvalue weighted by molar-refractivity contribution is 9.10. The van der Waals surface area contributed by atoms with Gasteiger partial charge in [-0.2, -0.15) is 0 Å². The van der Waals surface area contributed by atoms with Crippen LogP contribution in [0.25, 0.3) is 133 Å². The van der Waals surface area contributed by atoms with Crippen LogP contribution in [-0.4, -0.2) is 47.1 Å². The van der Waals surface area contributed by atoms with E-state index >= 15 is 0 Å². The highest BCUT2D eigenvalue weighted by Crippen LogP contribution is 2.61. The lowest BCUT2D eigenvalue weighted by Crippen LogP contribution is -2.41. The minimum Gasteiger partial charge on any atom is -0.399 e. The summed E-state index contributed by atoms with van der Waals surface area (Å²) >= 11 is 3.59. The van der Waals surface area contributed by atoms with E-state index in [1.807, 2.05) is 53.1 Å². The van der Waals surface area contributed by atoms with Gasteiger partial charge in [-0.05, 0) is 158 Å². The maximum atomic E-state index is 6.46. The highest BCUT2D eigenvalue weighted by Gasteiger charge is 2.53. The second kappa shape index (κ2) is 28.9. The normalized spacial score (nSPS) is 14.3. The number of benzene rings is 14. The van der Waals surface area contributed by atoms with Crippen molar-refractivity contribution in [1.82, 2.24) is 28.7 Å². The standard InChI is InChI=1S/C51H33N3.C44H36BNO2.C13H9BrN2/c1-4-17-34(18-5-1)49-50(54-32-15-14-29-45(54)53-49)36-20-16-19-35(33-36)48-41-30-31-43-47(46(41)40-26-11-13-28-44(40)52-48)39-25-10-12-27-42(39)51(43,37-21-6-2-7-22-37)38-23-8-3-9-24-38;1-42(2)43(3,4)48-45(47-42)32-21-15-16-29(28-32)41-35-26-27-37-40(39(35)34-23-12-14-25-38(34)46-41)33-22-11-13-24-36(33)44(37,30-17-7-5-8-18-30)31-19-9-6-10-20-31;14-13-12(10-6-2-1-3-7-10)15-11-8-4-5-9-16(11)13/h1-33H;5-28H,1-4H3;1-9H. The summed E-state index contributed by atoms with van der Waals surface area (Å²) in [5.41, 5.74) is 28.7. The number of imidazole rings is 2. The zero-order chi connectivity index (χ0) is 79.3. The first-order valence-corrected chi connectivity index (χ1v) is 41.2. The topological polar surface area (TPSA) is 78.8 Å². The molecule has 0 spiro atoms. The van der Waals surface area contributed by atoms with Gasteiger partial charge < -0.3 is 9.31 Å². The minimum absolute atomic E-state index is 0.417. The van der Waals surface area contributed by atoms with Crippen LogP contribution in [0.2, 0.25) is 0 Å². The number of rotatable bonds is 10. The van der Waals surface area contributed by atoms with Crippen LogP contribution < -0.4 is 5.46 Å². The molecule has 0 radical (unpaired) electrons. The van der Waals surface area contributed by atoms with Gasteiger partial charge in [0.15, 0.2) is 0 Å². The first-order valence-electron chi connectivity index (χ1n) is 40.4. The van der Waals surface area contributed by atoms with Gasteiger partial charge in [0.05, 0.1) is 55.8 Å². The molecular weight excluding hydrogens is 1500 g/mol. The van der Waals surface area contributed by atoms with Crippen molar-refractivity contribution in [3.8, 4) is 78.5 Å². The Morgan fingerprint density at radius 1 is 0.288 bits per heavy atom. The lowest BCUT2D eigenvalue weighted by molar-refractivity contribution is 0.00578. The molecule has 23 rings (SSSR count). The summed E-state index contributed by atoms with van der Waals surface area (Å²) in [7, 11) is -0.449. The second-order valence-corrected chi connectivity index (χ2v) is 32.5. The summed E-state index contributed by atoms with van der Waals surface area (Å²) in [4.78, 5) is 20.5. The first-order chi connectivity index (χ1) is 58.0. The van der Waals surface area contributed by atoms with Crippen molar-refractivity contribution in [2.75, 3.05) is 0 Å². The summed E-state index contributed by atoms with van der Waals surface area (Å²) in [5.74, 6) is 0. The Kier molecular flexibility index (Phi) is 17.6. The van der Waals surface area contributed by atoms with Crippen LogP contribution >= 0.6 is 15.9 Å². The van der Waals surface area contributed by atoms with Gasteiger partial charge in [-0.25, -0.2) is 19.9 Å². The summed E-state index contributed by atoms with van der Waals surface area (Å²) in [5, 5.41) is 7.05. The number of halogens is 1. The Balaban J connectivity index is 0.000000124. The fourth-order valence-corrected chi connectivity index (χ4v) is 19.4. The number of hydrogen-bond donors (Lipinski definition) is 0. The number of nitrogens with zero attached hydrogens (tertiary/aromatic N) is 6. The van der Waals surface area contributed by atoms with Crippen LogP contribution in [0.1, 0.15) is 72.2 Å². The van der Waals surface area contributed by atoms with Gasteiger partial charge >= 0.3 is 7.12 Å². The zero-order valence-corrected chi connectivity index (χ0v) is 67.1. The third-order valence-corrected chi connectivity index (χ3v) is 25.5. The Labute approximate surface area is 694 Å². The molecule has 0 bridgehead atoms. The van der Waals surface area contributed by atoms with Gasteiger partial charge in [0.25, 0.3) is 0 Å². The minimum atomic E-state index is -0.482. The predicted molar refractivity (Wildman–Crippen MR) is 488 cm³/mol. The SMILES string of the molecule is Brc1c(-c2ccccc2)nc2ccccn12.CC1(C)OB(c2cccc(-c3nc4ccccc4c4c5c(ccc34)C(c3ccccc3)(c3ccccc3)c3ccccc3-5)c2)OC1(C)C.c1ccc(-c2nc3ccccn3c2-c2cccc(-c3nc4ccccc4c4c5c(ccc34)C(c3ccccc3)(c3ccccc3)c3ccccc3-5)c2)cc1. The molecule has 0 atom stereocenters. The molecule has 0 N–H and O–H groups in total. The van der Waals surface area contributed by atoms with Crippen LogP contribution in [0.5, 0.6) is 0 Å². The van der Waals surface area contributed by atoms with Crippen molar-refractivity contribution < 1.29 is 9.31 Å². The summed E-state index contributed by atoms with van der Waals surface area (Å²) in [6.45, 7) is 8.38. The Bertz CT molecular complexity index is 7180. The van der Waals surface area contributed by atoms with E-state index in [0.717, 1.165) is 110 Å². The van der Waals surface area contributed by atoms with Crippen molar-refractivity contribution in [3.05, 3.63) is 450 Å². The van der Waals surface area contributed by atoms with E-state index in [9.17, 15) is 0 Å². The van der Waals surface area contributed by atoms with Crippen LogP contribution in [0, 0.1) is 0 Å². The van der Waals surface area contributed by atoms with E-state index in [-0.39, 0.29) is 0 Å². The number of pyridine rings is 4. The van der Waals surface area contributed by atoms with Gasteiger partial charge in [-0.3, -0.25) is 8.80 Å². The van der Waals surface area contributed by atoms with E-state index in [1.54, 1.807) is 0 Å². The molecule has 0 unspecified atom stereocenters. The van der Waals surface area contributed by atoms with Crippen molar-refractivity contribution in [2.24, 2.45) is 0 Å². The quantitative estimate of drug-likeness (QED) is 0.100. The van der Waals surface area contributed by atoms with Gasteiger partial charge in [0, 0.05) is 72.5 Å². The Morgan fingerprint density at radius 3 is 1.14 bits per heavy atom. The summed E-state index contributed by atoms with van der Waals surface area (Å²) < 4.78 is 18.1. The van der Waals surface area contributed by atoms with Crippen LogP contribution in [0.4, 0.5) is 0 Å². The lowest BCUT2D eigenvalue weighted by atomic mass is 9.67. The van der Waals surface area contributed by atoms with Gasteiger partial charge in [0.1, 0.15) is 21.6 Å². The maximum absolute atomic E-state index is 6.46. The molecular formula is C108H78BBrN6O2. The fraction of sp³-hybridized carbons (Fsp3) is 0.0741. The molecule has 2 aliphatic carbocycles. The smallest absolute Gasteiger partial charge is 0.399 e. The van der Waals surface area contributed by atoms with Gasteiger partial charge in [-0.1, -0.05) is 346 Å². The van der Waals surface area contributed by atoms with E-state index in [0.29, 0.717) is 0 Å². The average Bonchev–Trinajstić information content (AvgIpc) is 1.52. The molecule has 0 amide bonds. The summed E-state index contributed by atoms with van der Waals surface area (Å²) in [6.07, 6.45) is 4.10. The molecule has 20 aromatic rings. The van der Waals surface area contributed by atoms with Crippen LogP contribution in [0.3, 0.4) is 0 Å². The van der Waals surface area contributed by atoms with E-state index in [2.05, 4.69) is 405 Å².